The van der Waals surface area contributed by atoms with Crippen molar-refractivity contribution < 1.29 is 9.90 Å². The lowest BCUT2D eigenvalue weighted by atomic mass is 9.97. The number of likely N-dealkylation sites (tertiary alicyclic amines) is 1. The number of β-amino-alcohol motifs (C(OH)–C–C–N with tert-alkyl or cyclic N) is 1. The van der Waals surface area contributed by atoms with Crippen LogP contribution in [0.5, 0.6) is 0 Å². The van der Waals surface area contributed by atoms with Crippen LogP contribution in [0.2, 0.25) is 0 Å². The lowest BCUT2D eigenvalue weighted by molar-refractivity contribution is -0.130. The van der Waals surface area contributed by atoms with E-state index in [1.54, 1.807) is 35.6 Å². The number of nitrogens with zero attached hydrogens (tertiary/aromatic N) is 3. The molecular weight excluding hydrogens is 306 g/mol. The molecule has 0 unspecified atom stereocenters. The summed E-state index contributed by atoms with van der Waals surface area (Å²) in [6.45, 7) is 1.27. The molecule has 24 heavy (non-hydrogen) atoms. The predicted molar refractivity (Wildman–Crippen MR) is 89.3 cm³/mol. The van der Waals surface area contributed by atoms with Crippen LogP contribution < -0.4 is 5.56 Å². The van der Waals surface area contributed by atoms with Gasteiger partial charge in [-0.2, -0.15) is 0 Å². The summed E-state index contributed by atoms with van der Waals surface area (Å²) in [5, 5.41) is 10.2. The maximum Gasteiger partial charge on any atom is 0.250 e. The molecule has 0 saturated carbocycles. The smallest absolute Gasteiger partial charge is 0.250 e. The minimum atomic E-state index is -0.512. The molecule has 6 nitrogen and oxygen atoms in total. The summed E-state index contributed by atoms with van der Waals surface area (Å²) in [4.78, 5) is 29.7. The van der Waals surface area contributed by atoms with Crippen LogP contribution in [0.1, 0.15) is 12.0 Å². The molecule has 1 aliphatic rings. The third-order valence-electron chi connectivity index (χ3n) is 4.47. The van der Waals surface area contributed by atoms with Crippen molar-refractivity contribution in [2.24, 2.45) is 5.92 Å². The van der Waals surface area contributed by atoms with Gasteiger partial charge >= 0.3 is 0 Å². The first-order chi connectivity index (χ1) is 11.6. The van der Waals surface area contributed by atoms with E-state index in [0.717, 1.165) is 12.0 Å². The molecule has 1 saturated heterocycles. The van der Waals surface area contributed by atoms with E-state index in [-0.39, 0.29) is 23.8 Å². The maximum atomic E-state index is 12.4. The zero-order valence-corrected chi connectivity index (χ0v) is 13.4. The fraction of sp³-hybridized carbons (Fsp3) is 0.389. The van der Waals surface area contributed by atoms with Crippen LogP contribution >= 0.6 is 0 Å². The fourth-order valence-corrected chi connectivity index (χ4v) is 3.10. The number of rotatable bonds is 5. The topological polar surface area (TPSA) is 75.4 Å². The average molecular weight is 327 g/mol. The number of aliphatic hydroxyl groups excluding tert-OH is 1. The summed E-state index contributed by atoms with van der Waals surface area (Å²) < 4.78 is 1.53. The number of carbonyl (C=O) groups is 1. The van der Waals surface area contributed by atoms with E-state index in [1.165, 1.54) is 10.6 Å². The van der Waals surface area contributed by atoms with Crippen molar-refractivity contribution in [2.45, 2.75) is 25.5 Å². The molecular formula is C18H21N3O3. The van der Waals surface area contributed by atoms with Gasteiger partial charge in [0.05, 0.1) is 6.10 Å². The first-order valence-electron chi connectivity index (χ1n) is 8.13. The van der Waals surface area contributed by atoms with Crippen molar-refractivity contribution >= 4 is 5.91 Å². The molecule has 1 aliphatic heterocycles. The van der Waals surface area contributed by atoms with Crippen LogP contribution in [0.4, 0.5) is 0 Å². The molecule has 0 bridgehead atoms. The summed E-state index contributed by atoms with van der Waals surface area (Å²) in [7, 11) is 0. The Kier molecular flexibility index (Phi) is 5.05. The van der Waals surface area contributed by atoms with Gasteiger partial charge in [-0.05, 0) is 30.2 Å². The van der Waals surface area contributed by atoms with Gasteiger partial charge in [0.2, 0.25) is 5.91 Å². The lowest BCUT2D eigenvalue weighted by Crippen LogP contribution is -2.31. The van der Waals surface area contributed by atoms with Gasteiger partial charge in [0, 0.05) is 56.6 Å². The summed E-state index contributed by atoms with van der Waals surface area (Å²) >= 11 is 0. The molecule has 0 aliphatic carbocycles. The third-order valence-corrected chi connectivity index (χ3v) is 4.47. The Hall–Kier alpha value is -2.47. The van der Waals surface area contributed by atoms with Gasteiger partial charge < -0.3 is 14.6 Å². The number of aromatic nitrogens is 2. The second kappa shape index (κ2) is 7.40. The number of hydrogen-bond donors (Lipinski definition) is 1. The highest BCUT2D eigenvalue weighted by atomic mass is 16.3. The molecule has 6 heteroatoms. The van der Waals surface area contributed by atoms with Crippen molar-refractivity contribution in [2.75, 3.05) is 13.1 Å². The largest absolute Gasteiger partial charge is 0.391 e. The molecule has 2 atom stereocenters. The van der Waals surface area contributed by atoms with Gasteiger partial charge in [0.1, 0.15) is 0 Å². The highest BCUT2D eigenvalue weighted by molar-refractivity contribution is 5.76. The second-order valence-electron chi connectivity index (χ2n) is 6.17. The van der Waals surface area contributed by atoms with Gasteiger partial charge in [-0.25, -0.2) is 0 Å². The first-order valence-corrected chi connectivity index (χ1v) is 8.13. The number of aliphatic hydroxyl groups is 1. The molecule has 1 amide bonds. The highest BCUT2D eigenvalue weighted by Gasteiger charge is 2.33. The molecule has 1 fully saturated rings. The molecule has 2 aromatic heterocycles. The van der Waals surface area contributed by atoms with E-state index in [0.29, 0.717) is 19.6 Å². The Balaban J connectivity index is 1.55. The van der Waals surface area contributed by atoms with Crippen LogP contribution in [0.25, 0.3) is 0 Å². The minimum absolute atomic E-state index is 0.0259. The van der Waals surface area contributed by atoms with E-state index in [2.05, 4.69) is 4.98 Å². The molecule has 126 valence electrons. The first kappa shape index (κ1) is 16.4. The number of hydrogen-bond acceptors (Lipinski definition) is 4. The van der Waals surface area contributed by atoms with Crippen LogP contribution in [0.3, 0.4) is 0 Å². The Bertz CT molecular complexity index is 744. The molecule has 1 N–H and O–H groups in total. The highest BCUT2D eigenvalue weighted by Crippen LogP contribution is 2.22. The van der Waals surface area contributed by atoms with E-state index < -0.39 is 6.10 Å². The Morgan fingerprint density at radius 3 is 2.75 bits per heavy atom. The van der Waals surface area contributed by atoms with Gasteiger partial charge in [0.15, 0.2) is 0 Å². The Morgan fingerprint density at radius 1 is 1.21 bits per heavy atom. The lowest BCUT2D eigenvalue weighted by Gasteiger charge is -2.16. The van der Waals surface area contributed by atoms with Gasteiger partial charge in [-0.3, -0.25) is 14.6 Å². The zero-order valence-electron chi connectivity index (χ0n) is 13.4. The summed E-state index contributed by atoms with van der Waals surface area (Å²) in [5.41, 5.74) is 1.00. The van der Waals surface area contributed by atoms with Crippen LogP contribution in [0, 0.1) is 5.92 Å². The van der Waals surface area contributed by atoms with E-state index in [9.17, 15) is 14.7 Å². The summed E-state index contributed by atoms with van der Waals surface area (Å²) in [6.07, 6.45) is 5.63. The molecule has 3 heterocycles. The van der Waals surface area contributed by atoms with Gasteiger partial charge in [0.25, 0.3) is 5.56 Å². The maximum absolute atomic E-state index is 12.4. The van der Waals surface area contributed by atoms with Gasteiger partial charge in [-0.1, -0.05) is 6.07 Å². The van der Waals surface area contributed by atoms with Crippen molar-refractivity contribution in [3.05, 3.63) is 64.8 Å². The number of pyridine rings is 2. The van der Waals surface area contributed by atoms with Crippen LogP contribution in [-0.4, -0.2) is 44.7 Å². The summed E-state index contributed by atoms with van der Waals surface area (Å²) in [5.74, 6) is 0.0119. The van der Waals surface area contributed by atoms with Crippen molar-refractivity contribution in [3.8, 4) is 0 Å². The second-order valence-corrected chi connectivity index (χ2v) is 6.17. The third kappa shape index (κ3) is 3.89. The minimum Gasteiger partial charge on any atom is -0.391 e. The number of aryl methyl sites for hydroxylation is 1. The Morgan fingerprint density at radius 2 is 2.00 bits per heavy atom. The number of carbonyl (C=O) groups excluding carboxylic acids is 1. The van der Waals surface area contributed by atoms with Crippen LogP contribution in [-0.2, 0) is 17.8 Å². The Labute approximate surface area is 140 Å². The van der Waals surface area contributed by atoms with Crippen molar-refractivity contribution in [1.29, 1.82) is 0 Å². The van der Waals surface area contributed by atoms with E-state index in [4.69, 9.17) is 0 Å². The number of amides is 1. The molecule has 0 aromatic carbocycles. The molecule has 0 spiro atoms. The van der Waals surface area contributed by atoms with Crippen LogP contribution in [0.15, 0.2) is 53.7 Å². The van der Waals surface area contributed by atoms with Gasteiger partial charge in [-0.15, -0.1) is 0 Å². The molecule has 0 radical (unpaired) electrons. The zero-order chi connectivity index (χ0) is 16.9. The normalized spacial score (nSPS) is 20.3. The summed E-state index contributed by atoms with van der Waals surface area (Å²) in [6, 6.07) is 8.80. The standard InChI is InChI=1S/C18H21N3O3/c22-16-13-21(12-15(16)11-14-4-7-19-8-5-14)18(24)6-10-20-9-2-1-3-17(20)23/h1-5,7-9,15-16,22H,6,10-13H2/t15-,16+/m1/s1. The SMILES string of the molecule is O=C(CCn1ccccc1=O)N1C[C@@H](Cc2ccncc2)[C@@H](O)C1. The van der Waals surface area contributed by atoms with E-state index >= 15 is 0 Å². The monoisotopic (exact) mass is 327 g/mol. The molecule has 3 rings (SSSR count). The molecule has 2 aromatic rings. The van der Waals surface area contributed by atoms with Crippen molar-refractivity contribution in [3.63, 3.8) is 0 Å². The van der Waals surface area contributed by atoms with E-state index in [1.807, 2.05) is 12.1 Å². The van der Waals surface area contributed by atoms with Crippen molar-refractivity contribution in [1.82, 2.24) is 14.5 Å². The quantitative estimate of drug-likeness (QED) is 0.877. The average Bonchev–Trinajstić information content (AvgIpc) is 2.96. The predicted octanol–water partition coefficient (Wildman–Crippen LogP) is 0.695. The fourth-order valence-electron chi connectivity index (χ4n) is 3.10.